The summed E-state index contributed by atoms with van der Waals surface area (Å²) in [6.07, 6.45) is 8.47. The smallest absolute Gasteiger partial charge is 0.135 e. The summed E-state index contributed by atoms with van der Waals surface area (Å²) >= 11 is 0. The maximum Gasteiger partial charge on any atom is 0.135 e. The molecule has 2 fully saturated rings. The molecule has 2 bridgehead atoms. The highest BCUT2D eigenvalue weighted by molar-refractivity contribution is 5.81. The Balaban J connectivity index is 2.03. The molecular formula is C10H16O. The fraction of sp³-hybridized carbons (Fsp3) is 0.900. The first-order valence-corrected chi connectivity index (χ1v) is 4.89. The minimum absolute atomic E-state index is 0.472. The Morgan fingerprint density at radius 1 is 1.09 bits per heavy atom. The predicted octanol–water partition coefficient (Wildman–Crippen LogP) is 2.55. The summed E-state index contributed by atoms with van der Waals surface area (Å²) < 4.78 is 0. The summed E-state index contributed by atoms with van der Waals surface area (Å²) in [5.74, 6) is 1.94. The first kappa shape index (κ1) is 7.33. The van der Waals surface area contributed by atoms with Gasteiger partial charge in [0.2, 0.25) is 0 Å². The zero-order valence-electron chi connectivity index (χ0n) is 7.01. The van der Waals surface area contributed by atoms with Crippen molar-refractivity contribution < 1.29 is 4.79 Å². The Kier molecular flexibility index (Phi) is 1.97. The topological polar surface area (TPSA) is 17.1 Å². The van der Waals surface area contributed by atoms with E-state index in [2.05, 4.69) is 0 Å². The lowest BCUT2D eigenvalue weighted by Gasteiger charge is -2.14. The second-order valence-electron chi connectivity index (χ2n) is 4.09. The van der Waals surface area contributed by atoms with Crippen LogP contribution in [0.3, 0.4) is 0 Å². The second kappa shape index (κ2) is 2.96. The van der Waals surface area contributed by atoms with Crippen LogP contribution in [-0.4, -0.2) is 5.78 Å². The molecule has 0 aromatic rings. The number of carbonyl (C=O) groups is 1. The molecule has 2 atom stereocenters. The van der Waals surface area contributed by atoms with Crippen molar-refractivity contribution in [2.75, 3.05) is 0 Å². The van der Waals surface area contributed by atoms with Crippen molar-refractivity contribution in [2.24, 2.45) is 11.8 Å². The molecule has 0 aliphatic heterocycles. The zero-order chi connectivity index (χ0) is 7.68. The van der Waals surface area contributed by atoms with Gasteiger partial charge in [-0.2, -0.15) is 0 Å². The van der Waals surface area contributed by atoms with Crippen molar-refractivity contribution in [2.45, 2.75) is 44.9 Å². The minimum Gasteiger partial charge on any atom is -0.299 e. The molecule has 11 heavy (non-hydrogen) atoms. The molecule has 0 heterocycles. The Labute approximate surface area is 68.2 Å². The summed E-state index contributed by atoms with van der Waals surface area (Å²) in [6.45, 7) is 0. The first-order chi connectivity index (χ1) is 5.36. The molecule has 0 radical (unpaired) electrons. The quantitative estimate of drug-likeness (QED) is 0.521. The van der Waals surface area contributed by atoms with Crippen molar-refractivity contribution in [3.05, 3.63) is 0 Å². The number of hydrogen-bond acceptors (Lipinski definition) is 1. The third-order valence-electron chi connectivity index (χ3n) is 3.28. The van der Waals surface area contributed by atoms with Gasteiger partial charge in [-0.15, -0.1) is 0 Å². The van der Waals surface area contributed by atoms with Gasteiger partial charge in [0.25, 0.3) is 0 Å². The average Bonchev–Trinajstić information content (AvgIpc) is 2.44. The van der Waals surface area contributed by atoms with E-state index in [4.69, 9.17) is 0 Å². The van der Waals surface area contributed by atoms with Crippen LogP contribution in [0.15, 0.2) is 0 Å². The molecule has 0 amide bonds. The van der Waals surface area contributed by atoms with E-state index in [1.54, 1.807) is 0 Å². The van der Waals surface area contributed by atoms with Crippen molar-refractivity contribution in [1.29, 1.82) is 0 Å². The van der Waals surface area contributed by atoms with Crippen LogP contribution < -0.4 is 0 Å². The van der Waals surface area contributed by atoms with Crippen LogP contribution in [-0.2, 0) is 4.79 Å². The van der Waals surface area contributed by atoms with E-state index < -0.39 is 0 Å². The van der Waals surface area contributed by atoms with Crippen LogP contribution in [0.1, 0.15) is 44.9 Å². The van der Waals surface area contributed by atoms with E-state index in [9.17, 15) is 4.79 Å². The minimum atomic E-state index is 0.472. The number of hydrogen-bond donors (Lipinski definition) is 0. The number of fused-ring (bicyclic) bond motifs is 2. The lowest BCUT2D eigenvalue weighted by Crippen LogP contribution is -2.13. The fourth-order valence-corrected chi connectivity index (χ4v) is 2.57. The first-order valence-electron chi connectivity index (χ1n) is 4.89. The molecule has 2 aliphatic carbocycles. The summed E-state index contributed by atoms with van der Waals surface area (Å²) in [7, 11) is 0. The predicted molar refractivity (Wildman–Crippen MR) is 44.3 cm³/mol. The van der Waals surface area contributed by atoms with Gasteiger partial charge in [-0.05, 0) is 31.6 Å². The highest BCUT2D eigenvalue weighted by atomic mass is 16.1. The molecule has 0 spiro atoms. The lowest BCUT2D eigenvalue weighted by atomic mass is 9.91. The van der Waals surface area contributed by atoms with Gasteiger partial charge in [-0.3, -0.25) is 4.79 Å². The van der Waals surface area contributed by atoms with Crippen LogP contribution in [0.2, 0.25) is 0 Å². The summed E-state index contributed by atoms with van der Waals surface area (Å²) in [6, 6.07) is 0. The van der Waals surface area contributed by atoms with Crippen LogP contribution in [0.4, 0.5) is 0 Å². The van der Waals surface area contributed by atoms with Crippen molar-refractivity contribution in [3.63, 3.8) is 0 Å². The van der Waals surface area contributed by atoms with Gasteiger partial charge in [0.15, 0.2) is 0 Å². The SMILES string of the molecule is O=C1CCCCC2CCC1C2. The Bertz CT molecular complexity index is 162. The maximum atomic E-state index is 11.4. The number of carbonyl (C=O) groups excluding carboxylic acids is 1. The molecule has 0 saturated heterocycles. The van der Waals surface area contributed by atoms with Crippen molar-refractivity contribution >= 4 is 5.78 Å². The highest BCUT2D eigenvalue weighted by Gasteiger charge is 2.30. The van der Waals surface area contributed by atoms with E-state index in [1.165, 1.54) is 32.1 Å². The number of ketones is 1. The van der Waals surface area contributed by atoms with Gasteiger partial charge in [-0.25, -0.2) is 0 Å². The molecule has 0 aromatic heterocycles. The summed E-state index contributed by atoms with van der Waals surface area (Å²) in [5, 5.41) is 0. The van der Waals surface area contributed by atoms with Gasteiger partial charge in [0.1, 0.15) is 5.78 Å². The number of Topliss-reactive ketones (excluding diaryl/α,β-unsaturated/α-hetero) is 1. The van der Waals surface area contributed by atoms with Gasteiger partial charge in [-0.1, -0.05) is 12.8 Å². The molecule has 2 saturated carbocycles. The lowest BCUT2D eigenvalue weighted by molar-refractivity contribution is -0.123. The molecule has 2 unspecified atom stereocenters. The zero-order valence-corrected chi connectivity index (χ0v) is 7.01. The summed E-state index contributed by atoms with van der Waals surface area (Å²) in [4.78, 5) is 11.4. The molecule has 62 valence electrons. The van der Waals surface area contributed by atoms with Gasteiger partial charge < -0.3 is 0 Å². The maximum absolute atomic E-state index is 11.4. The molecule has 0 N–H and O–H groups in total. The van der Waals surface area contributed by atoms with Crippen LogP contribution in [0, 0.1) is 11.8 Å². The standard InChI is InChI=1S/C10H16O/c11-10-4-2-1-3-8-5-6-9(10)7-8/h8-9H,1-7H2. The van der Waals surface area contributed by atoms with Crippen LogP contribution >= 0.6 is 0 Å². The monoisotopic (exact) mass is 152 g/mol. The van der Waals surface area contributed by atoms with E-state index >= 15 is 0 Å². The van der Waals surface area contributed by atoms with E-state index in [0.717, 1.165) is 18.8 Å². The number of rotatable bonds is 0. The van der Waals surface area contributed by atoms with E-state index in [1.807, 2.05) is 0 Å². The van der Waals surface area contributed by atoms with Gasteiger partial charge in [0, 0.05) is 12.3 Å². The average molecular weight is 152 g/mol. The van der Waals surface area contributed by atoms with Gasteiger partial charge >= 0.3 is 0 Å². The van der Waals surface area contributed by atoms with Crippen LogP contribution in [0.25, 0.3) is 0 Å². The second-order valence-corrected chi connectivity index (χ2v) is 4.09. The third-order valence-corrected chi connectivity index (χ3v) is 3.28. The van der Waals surface area contributed by atoms with Crippen molar-refractivity contribution in [1.82, 2.24) is 0 Å². The Morgan fingerprint density at radius 2 is 2.00 bits per heavy atom. The largest absolute Gasteiger partial charge is 0.299 e. The molecular weight excluding hydrogens is 136 g/mol. The molecule has 2 rings (SSSR count). The molecule has 1 heteroatoms. The third kappa shape index (κ3) is 1.47. The summed E-state index contributed by atoms with van der Waals surface area (Å²) in [5.41, 5.74) is 0. The molecule has 2 aliphatic rings. The normalized spacial score (nSPS) is 38.4. The highest BCUT2D eigenvalue weighted by Crippen LogP contribution is 2.37. The Morgan fingerprint density at radius 3 is 2.91 bits per heavy atom. The van der Waals surface area contributed by atoms with E-state index in [0.29, 0.717) is 11.7 Å². The molecule has 1 nitrogen and oxygen atoms in total. The Hall–Kier alpha value is -0.330. The van der Waals surface area contributed by atoms with Crippen LogP contribution in [0.5, 0.6) is 0 Å². The van der Waals surface area contributed by atoms with Gasteiger partial charge in [0.05, 0.1) is 0 Å². The fourth-order valence-electron chi connectivity index (χ4n) is 2.57. The van der Waals surface area contributed by atoms with Crippen molar-refractivity contribution in [3.8, 4) is 0 Å². The molecule has 0 aromatic carbocycles. The van der Waals surface area contributed by atoms with E-state index in [-0.39, 0.29) is 0 Å².